The summed E-state index contributed by atoms with van der Waals surface area (Å²) in [6, 6.07) is 11.2. The second-order valence-electron chi connectivity index (χ2n) is 5.87. The fraction of sp³-hybridized carbons (Fsp3) is 0.353. The maximum Gasteiger partial charge on any atom is 0.308 e. The number of likely N-dealkylation sites (tertiary alicyclic amines) is 1. The lowest BCUT2D eigenvalue weighted by atomic mass is 9.89. The largest absolute Gasteiger partial charge is 0.481 e. The van der Waals surface area contributed by atoms with Gasteiger partial charge in [0.05, 0.1) is 18.0 Å². The number of nitrogens with zero attached hydrogens (tertiary/aromatic N) is 2. The quantitative estimate of drug-likeness (QED) is 0.931. The number of aromatic nitrogens is 1. The van der Waals surface area contributed by atoms with Crippen molar-refractivity contribution in [3.63, 3.8) is 0 Å². The number of hydrogen-bond acceptors (Lipinski definition) is 4. The summed E-state index contributed by atoms with van der Waals surface area (Å²) in [6.07, 6.45) is 0.130. The molecule has 0 spiro atoms. The van der Waals surface area contributed by atoms with E-state index in [0.717, 1.165) is 5.56 Å². The SMILES string of the molecule is Cc1cc(CC(=O)N2C[C@@H](C(=O)O)[C@H](c3ccccc3)C2)no1. The number of carbonyl (C=O) groups is 2. The molecule has 2 heterocycles. The van der Waals surface area contributed by atoms with E-state index in [4.69, 9.17) is 4.52 Å². The maximum absolute atomic E-state index is 12.4. The van der Waals surface area contributed by atoms with Gasteiger partial charge < -0.3 is 14.5 Å². The van der Waals surface area contributed by atoms with Crippen LogP contribution in [0.5, 0.6) is 0 Å². The topological polar surface area (TPSA) is 83.6 Å². The number of benzene rings is 1. The molecule has 6 heteroatoms. The van der Waals surface area contributed by atoms with Crippen LogP contribution in [0.2, 0.25) is 0 Å². The van der Waals surface area contributed by atoms with Gasteiger partial charge in [0.25, 0.3) is 0 Å². The van der Waals surface area contributed by atoms with Crippen molar-refractivity contribution in [1.82, 2.24) is 10.1 Å². The maximum atomic E-state index is 12.4. The lowest BCUT2D eigenvalue weighted by Gasteiger charge is -2.16. The Balaban J connectivity index is 1.74. The molecule has 0 radical (unpaired) electrons. The summed E-state index contributed by atoms with van der Waals surface area (Å²) in [5.74, 6) is -1.11. The van der Waals surface area contributed by atoms with Crippen molar-refractivity contribution >= 4 is 11.9 Å². The van der Waals surface area contributed by atoms with Gasteiger partial charge in [-0.05, 0) is 12.5 Å². The van der Waals surface area contributed by atoms with Crippen molar-refractivity contribution in [2.24, 2.45) is 5.92 Å². The van der Waals surface area contributed by atoms with Gasteiger partial charge in [-0.3, -0.25) is 9.59 Å². The van der Waals surface area contributed by atoms with Crippen molar-refractivity contribution in [1.29, 1.82) is 0 Å². The van der Waals surface area contributed by atoms with Crippen LogP contribution in [0.25, 0.3) is 0 Å². The van der Waals surface area contributed by atoms with Gasteiger partial charge in [0, 0.05) is 25.1 Å². The van der Waals surface area contributed by atoms with Crippen LogP contribution in [0.4, 0.5) is 0 Å². The molecule has 1 amide bonds. The van der Waals surface area contributed by atoms with Crippen molar-refractivity contribution in [2.75, 3.05) is 13.1 Å². The van der Waals surface area contributed by atoms with E-state index in [0.29, 0.717) is 18.0 Å². The minimum atomic E-state index is -0.869. The molecule has 1 aromatic carbocycles. The molecule has 1 fully saturated rings. The number of carboxylic acid groups (broad SMARTS) is 1. The summed E-state index contributed by atoms with van der Waals surface area (Å²) in [6.45, 7) is 2.41. The molecule has 1 saturated heterocycles. The van der Waals surface area contributed by atoms with Crippen molar-refractivity contribution < 1.29 is 19.2 Å². The van der Waals surface area contributed by atoms with Gasteiger partial charge in [0.15, 0.2) is 0 Å². The molecule has 6 nitrogen and oxygen atoms in total. The molecular formula is C17H18N2O4. The molecule has 23 heavy (non-hydrogen) atoms. The molecule has 0 bridgehead atoms. The first-order valence-corrected chi connectivity index (χ1v) is 7.52. The number of amides is 1. The van der Waals surface area contributed by atoms with E-state index >= 15 is 0 Å². The number of rotatable bonds is 4. The third-order valence-corrected chi connectivity index (χ3v) is 4.23. The average Bonchev–Trinajstić information content (AvgIpc) is 3.15. The molecule has 1 N–H and O–H groups in total. The second kappa shape index (κ2) is 6.24. The van der Waals surface area contributed by atoms with E-state index in [1.54, 1.807) is 17.9 Å². The zero-order valence-corrected chi connectivity index (χ0v) is 12.8. The Morgan fingerprint density at radius 2 is 2.04 bits per heavy atom. The van der Waals surface area contributed by atoms with Crippen LogP contribution in [-0.4, -0.2) is 40.1 Å². The second-order valence-corrected chi connectivity index (χ2v) is 5.87. The van der Waals surface area contributed by atoms with Gasteiger partial charge in [-0.1, -0.05) is 35.5 Å². The van der Waals surface area contributed by atoms with E-state index in [1.807, 2.05) is 30.3 Å². The Morgan fingerprint density at radius 3 is 2.65 bits per heavy atom. The van der Waals surface area contributed by atoms with Crippen LogP contribution >= 0.6 is 0 Å². The summed E-state index contributed by atoms with van der Waals surface area (Å²) in [7, 11) is 0. The predicted octanol–water partition coefficient (Wildman–Crippen LogP) is 1.85. The highest BCUT2D eigenvalue weighted by molar-refractivity contribution is 5.81. The summed E-state index contributed by atoms with van der Waals surface area (Å²) >= 11 is 0. The first-order valence-electron chi connectivity index (χ1n) is 7.52. The molecule has 0 unspecified atom stereocenters. The standard InChI is InChI=1S/C17H18N2O4/c1-11-7-13(18-23-11)8-16(20)19-9-14(15(10-19)17(21)22)12-5-3-2-4-6-12/h2-7,14-15H,8-10H2,1H3,(H,21,22)/t14-,15+/m0/s1. The molecule has 3 rings (SSSR count). The van der Waals surface area contributed by atoms with Crippen LogP contribution in [0.1, 0.15) is 22.9 Å². The molecule has 2 aromatic rings. The number of carbonyl (C=O) groups excluding carboxylic acids is 1. The zero-order valence-electron chi connectivity index (χ0n) is 12.8. The third-order valence-electron chi connectivity index (χ3n) is 4.23. The van der Waals surface area contributed by atoms with E-state index in [9.17, 15) is 14.7 Å². The molecule has 0 saturated carbocycles. The highest BCUT2D eigenvalue weighted by Gasteiger charge is 2.40. The van der Waals surface area contributed by atoms with Crippen molar-refractivity contribution in [3.8, 4) is 0 Å². The first-order chi connectivity index (χ1) is 11.0. The Kier molecular flexibility index (Phi) is 4.14. The minimum absolute atomic E-state index is 0.122. The minimum Gasteiger partial charge on any atom is -0.481 e. The molecule has 0 aliphatic carbocycles. The Morgan fingerprint density at radius 1 is 1.30 bits per heavy atom. The highest BCUT2D eigenvalue weighted by atomic mass is 16.5. The Labute approximate surface area is 133 Å². The van der Waals surface area contributed by atoms with Crippen molar-refractivity contribution in [3.05, 3.63) is 53.4 Å². The average molecular weight is 314 g/mol. The van der Waals surface area contributed by atoms with Gasteiger partial charge >= 0.3 is 5.97 Å². The van der Waals surface area contributed by atoms with Crippen LogP contribution in [-0.2, 0) is 16.0 Å². The lowest BCUT2D eigenvalue weighted by molar-refractivity contribution is -0.141. The molecule has 1 aromatic heterocycles. The lowest BCUT2D eigenvalue weighted by Crippen LogP contribution is -2.31. The fourth-order valence-electron chi connectivity index (χ4n) is 3.06. The summed E-state index contributed by atoms with van der Waals surface area (Å²) in [5, 5.41) is 13.3. The van der Waals surface area contributed by atoms with Gasteiger partial charge in [-0.2, -0.15) is 0 Å². The predicted molar refractivity (Wildman–Crippen MR) is 81.8 cm³/mol. The van der Waals surface area contributed by atoms with Crippen LogP contribution < -0.4 is 0 Å². The number of carboxylic acids is 1. The van der Waals surface area contributed by atoms with E-state index in [2.05, 4.69) is 5.16 Å². The number of aryl methyl sites for hydroxylation is 1. The highest BCUT2D eigenvalue weighted by Crippen LogP contribution is 2.33. The molecule has 1 aliphatic heterocycles. The summed E-state index contributed by atoms with van der Waals surface area (Å²) in [5.41, 5.74) is 1.52. The van der Waals surface area contributed by atoms with E-state index in [1.165, 1.54) is 0 Å². The number of hydrogen-bond donors (Lipinski definition) is 1. The first kappa shape index (κ1) is 15.3. The Bertz CT molecular complexity index is 710. The monoisotopic (exact) mass is 314 g/mol. The molecule has 2 atom stereocenters. The van der Waals surface area contributed by atoms with Crippen LogP contribution in [0.15, 0.2) is 40.9 Å². The van der Waals surface area contributed by atoms with Crippen LogP contribution in [0, 0.1) is 12.8 Å². The van der Waals surface area contributed by atoms with E-state index in [-0.39, 0.29) is 24.8 Å². The fourth-order valence-corrected chi connectivity index (χ4v) is 3.06. The molecular weight excluding hydrogens is 296 g/mol. The summed E-state index contributed by atoms with van der Waals surface area (Å²) in [4.78, 5) is 25.6. The Hall–Kier alpha value is -2.63. The van der Waals surface area contributed by atoms with Gasteiger partial charge in [-0.15, -0.1) is 0 Å². The molecule has 120 valence electrons. The van der Waals surface area contributed by atoms with E-state index < -0.39 is 11.9 Å². The van der Waals surface area contributed by atoms with Crippen molar-refractivity contribution in [2.45, 2.75) is 19.3 Å². The van der Waals surface area contributed by atoms with Crippen LogP contribution in [0.3, 0.4) is 0 Å². The summed E-state index contributed by atoms with van der Waals surface area (Å²) < 4.78 is 4.96. The van der Waals surface area contributed by atoms with Gasteiger partial charge in [0.1, 0.15) is 5.76 Å². The normalized spacial score (nSPS) is 20.7. The van der Waals surface area contributed by atoms with Gasteiger partial charge in [-0.25, -0.2) is 0 Å². The van der Waals surface area contributed by atoms with Gasteiger partial charge in [0.2, 0.25) is 5.91 Å². The number of aliphatic carboxylic acids is 1. The zero-order chi connectivity index (χ0) is 16.4. The smallest absolute Gasteiger partial charge is 0.308 e. The third kappa shape index (κ3) is 3.26. The molecule has 1 aliphatic rings.